The number of hydrogen-bond donors (Lipinski definition) is 1. The van der Waals surface area contributed by atoms with Crippen LogP contribution in [0.25, 0.3) is 0 Å². The minimum atomic E-state index is -3.61. The van der Waals surface area contributed by atoms with E-state index in [-0.39, 0.29) is 21.6 Å². The Morgan fingerprint density at radius 2 is 2.12 bits per heavy atom. The van der Waals surface area contributed by atoms with Gasteiger partial charge in [0.2, 0.25) is 10.0 Å². The molecule has 1 aromatic heterocycles. The fourth-order valence-electron chi connectivity index (χ4n) is 1.22. The molecule has 0 fully saturated rings. The smallest absolute Gasteiger partial charge is 0.245 e. The Morgan fingerprint density at radius 3 is 2.59 bits per heavy atom. The number of aromatic nitrogens is 1. The van der Waals surface area contributed by atoms with Gasteiger partial charge in [0.1, 0.15) is 15.6 Å². The molecule has 0 saturated carbocycles. The Labute approximate surface area is 107 Å². The Balaban J connectivity index is 3.39. The quantitative estimate of drug-likeness (QED) is 0.819. The first-order valence-electron chi connectivity index (χ1n) is 5.01. The first-order chi connectivity index (χ1) is 7.78. The average Bonchev–Trinajstić information content (AvgIpc) is 2.27. The average molecular weight is 273 g/mol. The van der Waals surface area contributed by atoms with Crippen LogP contribution in [-0.4, -0.2) is 35.8 Å². The highest BCUT2D eigenvalue weighted by molar-refractivity contribution is 7.89. The Morgan fingerprint density at radius 1 is 1.53 bits per heavy atom. The summed E-state index contributed by atoms with van der Waals surface area (Å²) in [5.74, 6) is 0. The summed E-state index contributed by atoms with van der Waals surface area (Å²) in [7, 11) is -2.10. The third-order valence-corrected chi connectivity index (χ3v) is 4.65. The maximum absolute atomic E-state index is 12.3. The third kappa shape index (κ3) is 2.80. The lowest BCUT2D eigenvalue weighted by Crippen LogP contribution is -2.34. The van der Waals surface area contributed by atoms with Crippen molar-refractivity contribution in [2.45, 2.75) is 24.8 Å². The predicted octanol–water partition coefficient (Wildman–Crippen LogP) is 0.745. The van der Waals surface area contributed by atoms with Gasteiger partial charge in [-0.1, -0.05) is 12.2 Å². The molecule has 0 aromatic carbocycles. The Kier molecular flexibility index (Phi) is 4.18. The summed E-state index contributed by atoms with van der Waals surface area (Å²) >= 11 is 4.80. The molecule has 1 rings (SSSR count). The van der Waals surface area contributed by atoms with E-state index in [4.69, 9.17) is 18.0 Å². The number of hydrogen-bond acceptors (Lipinski definition) is 4. The van der Waals surface area contributed by atoms with Gasteiger partial charge in [-0.15, -0.1) is 0 Å². The summed E-state index contributed by atoms with van der Waals surface area (Å²) in [5, 5.41) is 0. The van der Waals surface area contributed by atoms with Gasteiger partial charge in [0.05, 0.1) is 0 Å². The molecule has 1 heterocycles. The molecular weight excluding hydrogens is 258 g/mol. The Bertz CT molecular complexity index is 526. The van der Waals surface area contributed by atoms with E-state index in [1.165, 1.54) is 23.6 Å². The van der Waals surface area contributed by atoms with Gasteiger partial charge in [-0.05, 0) is 26.0 Å². The van der Waals surface area contributed by atoms with Gasteiger partial charge in [0, 0.05) is 19.3 Å². The van der Waals surface area contributed by atoms with Crippen LogP contribution in [0.2, 0.25) is 0 Å². The molecule has 0 spiro atoms. The van der Waals surface area contributed by atoms with E-state index in [1.807, 2.05) is 0 Å². The third-order valence-electron chi connectivity index (χ3n) is 2.39. The molecule has 5 nitrogen and oxygen atoms in total. The van der Waals surface area contributed by atoms with E-state index in [0.717, 1.165) is 0 Å². The molecule has 0 unspecified atom stereocenters. The standard InChI is InChI=1S/C10H15N3O2S2/c1-7(2)13(3)17(14,15)8-5-4-6-12-9(8)10(11)16/h4-7H,1-3H3,(H2,11,16). The van der Waals surface area contributed by atoms with Crippen LogP contribution in [0.3, 0.4) is 0 Å². The van der Waals surface area contributed by atoms with Gasteiger partial charge in [-0.25, -0.2) is 8.42 Å². The zero-order valence-corrected chi connectivity index (χ0v) is 11.5. The molecule has 0 aliphatic rings. The van der Waals surface area contributed by atoms with Crippen molar-refractivity contribution >= 4 is 27.2 Å². The molecule has 0 aliphatic carbocycles. The summed E-state index contributed by atoms with van der Waals surface area (Å²) < 4.78 is 25.8. The molecule has 0 saturated heterocycles. The van der Waals surface area contributed by atoms with Crippen LogP contribution in [0.4, 0.5) is 0 Å². The van der Waals surface area contributed by atoms with Gasteiger partial charge in [-0.3, -0.25) is 4.98 Å². The summed E-state index contributed by atoms with van der Waals surface area (Å²) in [6.07, 6.45) is 1.46. The van der Waals surface area contributed by atoms with E-state index in [9.17, 15) is 8.42 Å². The number of thiocarbonyl (C=S) groups is 1. The fourth-order valence-corrected chi connectivity index (χ4v) is 2.97. The first-order valence-corrected chi connectivity index (χ1v) is 6.86. The number of sulfonamides is 1. The van der Waals surface area contributed by atoms with Crippen molar-refractivity contribution in [1.29, 1.82) is 0 Å². The molecule has 2 N–H and O–H groups in total. The molecule has 1 aromatic rings. The molecule has 0 atom stereocenters. The maximum atomic E-state index is 12.3. The zero-order chi connectivity index (χ0) is 13.2. The van der Waals surface area contributed by atoms with Crippen molar-refractivity contribution in [3.63, 3.8) is 0 Å². The van der Waals surface area contributed by atoms with Crippen molar-refractivity contribution in [3.05, 3.63) is 24.0 Å². The second-order valence-corrected chi connectivity index (χ2v) is 6.24. The SMILES string of the molecule is CC(C)N(C)S(=O)(=O)c1cccnc1C(N)=S. The molecule has 94 valence electrons. The highest BCUT2D eigenvalue weighted by Gasteiger charge is 2.27. The van der Waals surface area contributed by atoms with E-state index in [1.54, 1.807) is 19.9 Å². The van der Waals surface area contributed by atoms with Crippen molar-refractivity contribution in [3.8, 4) is 0 Å². The van der Waals surface area contributed by atoms with Gasteiger partial charge in [0.15, 0.2) is 0 Å². The lowest BCUT2D eigenvalue weighted by Gasteiger charge is -2.21. The minimum Gasteiger partial charge on any atom is -0.388 e. The van der Waals surface area contributed by atoms with E-state index in [2.05, 4.69) is 4.98 Å². The second-order valence-electron chi connectivity index (χ2n) is 3.83. The van der Waals surface area contributed by atoms with Crippen LogP contribution in [0.5, 0.6) is 0 Å². The molecule has 17 heavy (non-hydrogen) atoms. The van der Waals surface area contributed by atoms with Gasteiger partial charge < -0.3 is 5.73 Å². The monoisotopic (exact) mass is 273 g/mol. The van der Waals surface area contributed by atoms with E-state index < -0.39 is 10.0 Å². The van der Waals surface area contributed by atoms with Crippen LogP contribution in [0.1, 0.15) is 19.5 Å². The molecule has 0 amide bonds. The largest absolute Gasteiger partial charge is 0.388 e. The summed E-state index contributed by atoms with van der Waals surface area (Å²) in [6, 6.07) is 2.85. The predicted molar refractivity (Wildman–Crippen MR) is 70.2 cm³/mol. The number of rotatable bonds is 4. The lowest BCUT2D eigenvalue weighted by atomic mass is 10.3. The van der Waals surface area contributed by atoms with Crippen LogP contribution < -0.4 is 5.73 Å². The van der Waals surface area contributed by atoms with Crippen molar-refractivity contribution in [2.75, 3.05) is 7.05 Å². The van der Waals surface area contributed by atoms with Gasteiger partial charge in [0.25, 0.3) is 0 Å². The minimum absolute atomic E-state index is 0.0265. The number of nitrogens with two attached hydrogens (primary N) is 1. The zero-order valence-electron chi connectivity index (χ0n) is 9.91. The van der Waals surface area contributed by atoms with Crippen molar-refractivity contribution in [1.82, 2.24) is 9.29 Å². The fraction of sp³-hybridized carbons (Fsp3) is 0.400. The number of pyridine rings is 1. The van der Waals surface area contributed by atoms with Crippen LogP contribution in [0.15, 0.2) is 23.2 Å². The molecular formula is C10H15N3O2S2. The molecule has 7 heteroatoms. The van der Waals surface area contributed by atoms with Crippen LogP contribution in [-0.2, 0) is 10.0 Å². The van der Waals surface area contributed by atoms with E-state index in [0.29, 0.717) is 0 Å². The number of nitrogens with zero attached hydrogens (tertiary/aromatic N) is 2. The van der Waals surface area contributed by atoms with Crippen LogP contribution >= 0.6 is 12.2 Å². The normalized spacial score (nSPS) is 12.1. The second kappa shape index (κ2) is 5.07. The van der Waals surface area contributed by atoms with Gasteiger partial charge >= 0.3 is 0 Å². The van der Waals surface area contributed by atoms with Crippen molar-refractivity contribution < 1.29 is 8.42 Å². The Hall–Kier alpha value is -1.05. The first kappa shape index (κ1) is 14.0. The van der Waals surface area contributed by atoms with Crippen LogP contribution in [0, 0.1) is 0 Å². The highest BCUT2D eigenvalue weighted by Crippen LogP contribution is 2.19. The lowest BCUT2D eigenvalue weighted by molar-refractivity contribution is 0.410. The molecule has 0 aliphatic heterocycles. The highest BCUT2D eigenvalue weighted by atomic mass is 32.2. The van der Waals surface area contributed by atoms with Crippen molar-refractivity contribution in [2.24, 2.45) is 5.73 Å². The topological polar surface area (TPSA) is 76.3 Å². The molecule has 0 bridgehead atoms. The summed E-state index contributed by atoms with van der Waals surface area (Å²) in [4.78, 5) is 3.93. The molecule has 0 radical (unpaired) electrons. The van der Waals surface area contributed by atoms with Gasteiger partial charge in [-0.2, -0.15) is 4.31 Å². The van der Waals surface area contributed by atoms with E-state index >= 15 is 0 Å². The summed E-state index contributed by atoms with van der Waals surface area (Å²) in [6.45, 7) is 3.57. The summed E-state index contributed by atoms with van der Waals surface area (Å²) in [5.41, 5.74) is 5.61. The maximum Gasteiger partial charge on any atom is 0.245 e.